The maximum atomic E-state index is 12.7. The van der Waals surface area contributed by atoms with Crippen molar-refractivity contribution in [2.24, 2.45) is 0 Å². The molecule has 0 aromatic heterocycles. The topological polar surface area (TPSA) is 79.2 Å². The van der Waals surface area contributed by atoms with Crippen LogP contribution in [0.5, 0.6) is 0 Å². The van der Waals surface area contributed by atoms with Crippen molar-refractivity contribution in [3.63, 3.8) is 0 Å². The third-order valence-corrected chi connectivity index (χ3v) is 7.23. The fourth-order valence-electron chi connectivity index (χ4n) is 4.12. The molecule has 4 rings (SSSR count). The van der Waals surface area contributed by atoms with Crippen molar-refractivity contribution in [2.75, 3.05) is 28.2 Å². The van der Waals surface area contributed by atoms with Gasteiger partial charge in [-0.1, -0.05) is 24.3 Å². The minimum atomic E-state index is -3.57. The van der Waals surface area contributed by atoms with Gasteiger partial charge in [0.2, 0.25) is 32.4 Å². The van der Waals surface area contributed by atoms with E-state index in [1.165, 1.54) is 21.1 Å². The van der Waals surface area contributed by atoms with Crippen LogP contribution in [0.15, 0.2) is 48.5 Å². The molecule has 0 saturated carbocycles. The molecular formula is C17H20N3O4S2+. The number of anilines is 2. The van der Waals surface area contributed by atoms with Crippen molar-refractivity contribution in [3.8, 4) is 0 Å². The van der Waals surface area contributed by atoms with Crippen molar-refractivity contribution in [1.29, 1.82) is 0 Å². The Labute approximate surface area is 153 Å². The Kier molecular flexibility index (Phi) is 3.63. The lowest BCUT2D eigenvalue weighted by molar-refractivity contribution is -0.943. The van der Waals surface area contributed by atoms with Gasteiger partial charge in [-0.15, -0.1) is 0 Å². The van der Waals surface area contributed by atoms with E-state index in [0.717, 1.165) is 4.90 Å². The predicted molar refractivity (Wildman–Crippen MR) is 99.9 cm³/mol. The number of rotatable bonds is 2. The molecule has 7 nitrogen and oxygen atoms in total. The highest BCUT2D eigenvalue weighted by molar-refractivity contribution is 7.92. The molecule has 0 amide bonds. The maximum absolute atomic E-state index is 12.7. The smallest absolute Gasteiger partial charge is 0.237 e. The summed E-state index contributed by atoms with van der Waals surface area (Å²) in [6.07, 6.45) is 1.31. The molecule has 0 fully saturated rings. The standard InChI is InChI=1S/C17H19N3O4S2/c1-18-16-13-9-5-7-11-15(13)20(26(3,23)24)17(18)12-8-4-6-10-14(12)19(16)25(2,21)22/h4-11,16-17H,1-3H3/p+1/t16-,17-/m1/s1. The maximum Gasteiger partial charge on any atom is 0.237 e. The molecule has 2 aromatic rings. The van der Waals surface area contributed by atoms with Crippen molar-refractivity contribution in [3.05, 3.63) is 59.7 Å². The average molecular weight is 394 g/mol. The number of benzene rings is 2. The second kappa shape index (κ2) is 5.45. The molecule has 1 N–H and O–H groups in total. The van der Waals surface area contributed by atoms with E-state index >= 15 is 0 Å². The van der Waals surface area contributed by atoms with Crippen LogP contribution in [0, 0.1) is 0 Å². The van der Waals surface area contributed by atoms with Crippen LogP contribution in [0.2, 0.25) is 0 Å². The molecule has 138 valence electrons. The molecule has 0 radical (unpaired) electrons. The van der Waals surface area contributed by atoms with Crippen LogP contribution < -0.4 is 13.5 Å². The van der Waals surface area contributed by atoms with Crippen LogP contribution in [0.4, 0.5) is 11.4 Å². The Morgan fingerprint density at radius 1 is 0.731 bits per heavy atom. The summed E-state index contributed by atoms with van der Waals surface area (Å²) in [4.78, 5) is 0.776. The Morgan fingerprint density at radius 3 is 1.42 bits per heavy atom. The molecular weight excluding hydrogens is 374 g/mol. The molecule has 0 aliphatic carbocycles. The Bertz CT molecular complexity index is 1010. The van der Waals surface area contributed by atoms with Gasteiger partial charge in [-0.25, -0.2) is 25.4 Å². The van der Waals surface area contributed by atoms with Gasteiger partial charge in [0.25, 0.3) is 0 Å². The van der Waals surface area contributed by atoms with Crippen molar-refractivity contribution in [2.45, 2.75) is 12.3 Å². The van der Waals surface area contributed by atoms with E-state index in [0.29, 0.717) is 22.5 Å². The van der Waals surface area contributed by atoms with Crippen molar-refractivity contribution >= 4 is 31.4 Å². The van der Waals surface area contributed by atoms with Gasteiger partial charge in [0.15, 0.2) is 0 Å². The molecule has 26 heavy (non-hydrogen) atoms. The van der Waals surface area contributed by atoms with Gasteiger partial charge < -0.3 is 0 Å². The summed E-state index contributed by atoms with van der Waals surface area (Å²) in [5.41, 5.74) is 2.40. The van der Waals surface area contributed by atoms with E-state index in [4.69, 9.17) is 0 Å². The number of para-hydroxylation sites is 2. The number of hydrogen-bond acceptors (Lipinski definition) is 4. The number of quaternary nitrogens is 1. The summed E-state index contributed by atoms with van der Waals surface area (Å²) in [5.74, 6) is 0. The fraction of sp³-hybridized carbons (Fsp3) is 0.294. The van der Waals surface area contributed by atoms with Crippen molar-refractivity contribution < 1.29 is 21.7 Å². The zero-order valence-electron chi connectivity index (χ0n) is 14.6. The molecule has 2 bridgehead atoms. The van der Waals surface area contributed by atoms with Gasteiger partial charge in [0, 0.05) is 0 Å². The third-order valence-electron chi connectivity index (χ3n) is 4.98. The van der Waals surface area contributed by atoms with Crippen LogP contribution in [0.3, 0.4) is 0 Å². The molecule has 2 heterocycles. The molecule has 2 aliphatic rings. The Morgan fingerprint density at radius 2 is 1.08 bits per heavy atom. The highest BCUT2D eigenvalue weighted by atomic mass is 32.2. The summed E-state index contributed by atoms with van der Waals surface area (Å²) in [6.45, 7) is 0. The number of sulfonamides is 2. The summed E-state index contributed by atoms with van der Waals surface area (Å²) < 4.78 is 53.5. The second-order valence-electron chi connectivity index (χ2n) is 6.78. The van der Waals surface area contributed by atoms with E-state index in [1.54, 1.807) is 48.5 Å². The molecule has 2 aliphatic heterocycles. The van der Waals surface area contributed by atoms with Crippen LogP contribution in [0.25, 0.3) is 0 Å². The number of hydrogen-bond donors (Lipinski definition) is 1. The molecule has 9 heteroatoms. The molecule has 2 aromatic carbocycles. The van der Waals surface area contributed by atoms with Gasteiger partial charge in [-0.2, -0.15) is 0 Å². The van der Waals surface area contributed by atoms with Crippen LogP contribution in [-0.2, 0) is 20.0 Å². The first-order chi connectivity index (χ1) is 12.1. The van der Waals surface area contributed by atoms with E-state index in [-0.39, 0.29) is 0 Å². The van der Waals surface area contributed by atoms with E-state index in [1.807, 2.05) is 7.05 Å². The lowest BCUT2D eigenvalue weighted by Crippen LogP contribution is -3.15. The lowest BCUT2D eigenvalue weighted by atomic mass is 9.97. The van der Waals surface area contributed by atoms with Gasteiger partial charge in [-0.05, 0) is 24.3 Å². The summed E-state index contributed by atoms with van der Waals surface area (Å²) >= 11 is 0. The van der Waals surface area contributed by atoms with Gasteiger partial charge >= 0.3 is 0 Å². The van der Waals surface area contributed by atoms with Crippen molar-refractivity contribution in [1.82, 2.24) is 0 Å². The number of fused-ring (bicyclic) bond motifs is 6. The predicted octanol–water partition coefficient (Wildman–Crippen LogP) is 0.458. The molecule has 0 unspecified atom stereocenters. The summed E-state index contributed by atoms with van der Waals surface area (Å²) in [7, 11) is -5.32. The number of nitrogens with one attached hydrogen (secondary N) is 1. The van der Waals surface area contributed by atoms with E-state index in [2.05, 4.69) is 0 Å². The summed E-state index contributed by atoms with van der Waals surface area (Å²) in [6, 6.07) is 14.2. The van der Waals surface area contributed by atoms with Gasteiger partial charge in [-0.3, -0.25) is 4.90 Å². The van der Waals surface area contributed by atoms with Crippen LogP contribution >= 0.6 is 0 Å². The molecule has 0 spiro atoms. The Hall–Kier alpha value is -2.10. The normalized spacial score (nSPS) is 24.8. The minimum absolute atomic E-state index is 0.527. The molecule has 2 atom stereocenters. The average Bonchev–Trinajstić information content (AvgIpc) is 2.53. The third kappa shape index (κ3) is 2.34. The van der Waals surface area contributed by atoms with Gasteiger partial charge in [0.05, 0.1) is 42.1 Å². The minimum Gasteiger partial charge on any atom is -0.289 e. The van der Waals surface area contributed by atoms with Crippen LogP contribution in [0.1, 0.15) is 23.5 Å². The largest absolute Gasteiger partial charge is 0.289 e. The monoisotopic (exact) mass is 394 g/mol. The quantitative estimate of drug-likeness (QED) is 0.803. The first kappa shape index (κ1) is 17.3. The van der Waals surface area contributed by atoms with Gasteiger partial charge in [0.1, 0.15) is 0 Å². The highest BCUT2D eigenvalue weighted by Gasteiger charge is 2.54. The zero-order valence-corrected chi connectivity index (χ0v) is 16.3. The lowest BCUT2D eigenvalue weighted by Gasteiger charge is -2.51. The molecule has 0 saturated heterocycles. The van der Waals surface area contributed by atoms with E-state index in [9.17, 15) is 16.8 Å². The second-order valence-corrected chi connectivity index (χ2v) is 10.5. The Balaban J connectivity index is 2.12. The first-order valence-corrected chi connectivity index (χ1v) is 11.8. The SMILES string of the molecule is C[NH+]1[C@H]2c3ccccc3N(S(C)(=O)=O)[C@@H]1c1ccccc1N2S(C)(=O)=O. The highest BCUT2D eigenvalue weighted by Crippen LogP contribution is 2.46. The zero-order chi connectivity index (χ0) is 18.9. The van der Waals surface area contributed by atoms with Crippen LogP contribution in [-0.4, -0.2) is 36.4 Å². The fourth-order valence-corrected chi connectivity index (χ4v) is 6.49. The number of nitrogens with zero attached hydrogens (tertiary/aromatic N) is 2. The first-order valence-electron chi connectivity index (χ1n) is 8.12. The van der Waals surface area contributed by atoms with E-state index < -0.39 is 32.4 Å². The summed E-state index contributed by atoms with van der Waals surface area (Å²) in [5, 5.41) is 0.